The van der Waals surface area contributed by atoms with E-state index in [1.54, 1.807) is 11.8 Å². The van der Waals surface area contributed by atoms with Gasteiger partial charge in [0.1, 0.15) is 0 Å². The average molecular weight is 391 g/mol. The van der Waals surface area contributed by atoms with Gasteiger partial charge in [-0.25, -0.2) is 4.79 Å². The fourth-order valence-corrected chi connectivity index (χ4v) is 4.36. The van der Waals surface area contributed by atoms with Crippen molar-refractivity contribution in [2.75, 3.05) is 50.8 Å². The molecule has 0 saturated carbocycles. The number of hydrogen-bond donors (Lipinski definition) is 1. The first-order chi connectivity index (χ1) is 13.1. The fraction of sp³-hybridized carbons (Fsp3) is 0.600. The van der Waals surface area contributed by atoms with Crippen molar-refractivity contribution in [1.29, 1.82) is 0 Å². The van der Waals surface area contributed by atoms with Gasteiger partial charge in [0.25, 0.3) is 0 Å². The van der Waals surface area contributed by atoms with E-state index in [-0.39, 0.29) is 11.9 Å². The Hall–Kier alpha value is -1.73. The van der Waals surface area contributed by atoms with Crippen LogP contribution in [0.2, 0.25) is 0 Å². The molecule has 3 rings (SSSR count). The highest BCUT2D eigenvalue weighted by Crippen LogP contribution is 2.25. The highest BCUT2D eigenvalue weighted by atomic mass is 32.2. The number of anilines is 1. The van der Waals surface area contributed by atoms with Gasteiger partial charge in [0.2, 0.25) is 5.91 Å². The minimum Gasteiger partial charge on any atom is -0.339 e. The lowest BCUT2D eigenvalue weighted by Gasteiger charge is -2.38. The lowest BCUT2D eigenvalue weighted by Crippen LogP contribution is -2.53. The molecule has 0 spiro atoms. The summed E-state index contributed by atoms with van der Waals surface area (Å²) in [5, 5.41) is 3.02. The molecule has 3 amide bonds. The highest BCUT2D eigenvalue weighted by molar-refractivity contribution is 7.98. The Morgan fingerprint density at radius 3 is 2.56 bits per heavy atom. The van der Waals surface area contributed by atoms with Gasteiger partial charge in [-0.05, 0) is 44.6 Å². The summed E-state index contributed by atoms with van der Waals surface area (Å²) in [5.41, 5.74) is 0.853. The van der Waals surface area contributed by atoms with E-state index in [1.165, 1.54) is 6.42 Å². The lowest BCUT2D eigenvalue weighted by atomic mass is 10.0. The number of rotatable bonds is 4. The second kappa shape index (κ2) is 9.46. The van der Waals surface area contributed by atoms with Crippen molar-refractivity contribution in [1.82, 2.24) is 14.7 Å². The number of piperidine rings is 1. The number of para-hydroxylation sites is 1. The maximum atomic E-state index is 12.6. The third-order valence-corrected chi connectivity index (χ3v) is 6.29. The van der Waals surface area contributed by atoms with Crippen LogP contribution in [0, 0.1) is 0 Å². The SMILES string of the molecule is CSc1ccccc1NC(=O)N1CCN(CC(=O)N2CCCCC2C)CC1. The number of nitrogens with zero attached hydrogens (tertiary/aromatic N) is 3. The van der Waals surface area contributed by atoms with E-state index in [2.05, 4.69) is 17.1 Å². The van der Waals surface area contributed by atoms with Crippen molar-refractivity contribution >= 4 is 29.4 Å². The van der Waals surface area contributed by atoms with Gasteiger partial charge >= 0.3 is 6.03 Å². The Balaban J connectivity index is 1.47. The normalized spacial score (nSPS) is 21.2. The zero-order chi connectivity index (χ0) is 19.2. The Morgan fingerprint density at radius 2 is 1.85 bits per heavy atom. The van der Waals surface area contributed by atoms with Crippen LogP contribution in [0.15, 0.2) is 29.2 Å². The molecule has 1 unspecified atom stereocenters. The van der Waals surface area contributed by atoms with E-state index in [0.717, 1.165) is 43.1 Å². The second-order valence-corrected chi connectivity index (χ2v) is 8.17. The quantitative estimate of drug-likeness (QED) is 0.803. The summed E-state index contributed by atoms with van der Waals surface area (Å²) in [6.07, 6.45) is 5.45. The molecule has 148 valence electrons. The Bertz CT molecular complexity index is 661. The Morgan fingerprint density at radius 1 is 1.11 bits per heavy atom. The summed E-state index contributed by atoms with van der Waals surface area (Å²) in [6.45, 7) is 6.28. The number of thioether (sulfide) groups is 1. The van der Waals surface area contributed by atoms with E-state index in [0.29, 0.717) is 25.7 Å². The van der Waals surface area contributed by atoms with E-state index < -0.39 is 0 Å². The van der Waals surface area contributed by atoms with Crippen LogP contribution in [0.1, 0.15) is 26.2 Å². The molecular weight excluding hydrogens is 360 g/mol. The van der Waals surface area contributed by atoms with Crippen molar-refractivity contribution in [2.24, 2.45) is 0 Å². The smallest absolute Gasteiger partial charge is 0.321 e. The number of carbonyl (C=O) groups excluding carboxylic acids is 2. The predicted octanol–water partition coefficient (Wildman–Crippen LogP) is 2.96. The number of urea groups is 1. The fourth-order valence-electron chi connectivity index (χ4n) is 3.80. The molecular formula is C20H30N4O2S. The van der Waals surface area contributed by atoms with Gasteiger partial charge in [-0.15, -0.1) is 11.8 Å². The molecule has 6 nitrogen and oxygen atoms in total. The van der Waals surface area contributed by atoms with Crippen molar-refractivity contribution in [3.63, 3.8) is 0 Å². The number of benzene rings is 1. The highest BCUT2D eigenvalue weighted by Gasteiger charge is 2.27. The minimum atomic E-state index is -0.0628. The molecule has 2 aliphatic rings. The van der Waals surface area contributed by atoms with Crippen LogP contribution >= 0.6 is 11.8 Å². The van der Waals surface area contributed by atoms with Gasteiger partial charge in [-0.3, -0.25) is 9.69 Å². The minimum absolute atomic E-state index is 0.0628. The van der Waals surface area contributed by atoms with Crippen LogP contribution < -0.4 is 5.32 Å². The van der Waals surface area contributed by atoms with Crippen molar-refractivity contribution < 1.29 is 9.59 Å². The molecule has 27 heavy (non-hydrogen) atoms. The van der Waals surface area contributed by atoms with Crippen LogP contribution in [-0.2, 0) is 4.79 Å². The first-order valence-corrected chi connectivity index (χ1v) is 11.0. The van der Waals surface area contributed by atoms with Gasteiger partial charge in [-0.2, -0.15) is 0 Å². The maximum Gasteiger partial charge on any atom is 0.321 e. The number of hydrogen-bond acceptors (Lipinski definition) is 4. The Kier molecular flexibility index (Phi) is 7.01. The van der Waals surface area contributed by atoms with Gasteiger partial charge in [0, 0.05) is 43.7 Å². The largest absolute Gasteiger partial charge is 0.339 e. The summed E-state index contributed by atoms with van der Waals surface area (Å²) in [6, 6.07) is 8.13. The molecule has 7 heteroatoms. The lowest BCUT2D eigenvalue weighted by molar-refractivity contribution is -0.136. The van der Waals surface area contributed by atoms with Crippen molar-refractivity contribution in [2.45, 2.75) is 37.1 Å². The Labute approximate surface area is 166 Å². The van der Waals surface area contributed by atoms with E-state index in [1.807, 2.05) is 40.3 Å². The molecule has 1 aromatic rings. The summed E-state index contributed by atoms with van der Waals surface area (Å²) < 4.78 is 0. The van der Waals surface area contributed by atoms with Crippen LogP contribution in [0.5, 0.6) is 0 Å². The number of piperazine rings is 1. The van der Waals surface area contributed by atoms with Gasteiger partial charge < -0.3 is 15.1 Å². The number of amides is 3. The third-order valence-electron chi connectivity index (χ3n) is 5.49. The average Bonchev–Trinajstić information content (AvgIpc) is 2.69. The van der Waals surface area contributed by atoms with E-state index in [4.69, 9.17) is 0 Å². The number of likely N-dealkylation sites (tertiary alicyclic amines) is 1. The van der Waals surface area contributed by atoms with E-state index >= 15 is 0 Å². The molecule has 0 bridgehead atoms. The first kappa shape index (κ1) is 20.0. The summed E-state index contributed by atoms with van der Waals surface area (Å²) >= 11 is 1.62. The molecule has 1 atom stereocenters. The summed E-state index contributed by atoms with van der Waals surface area (Å²) in [4.78, 5) is 32.3. The number of nitrogens with one attached hydrogen (secondary N) is 1. The van der Waals surface area contributed by atoms with Crippen LogP contribution in [0.25, 0.3) is 0 Å². The molecule has 2 fully saturated rings. The number of carbonyl (C=O) groups is 2. The first-order valence-electron chi connectivity index (χ1n) is 9.79. The van der Waals surface area contributed by atoms with Gasteiger partial charge in [0.15, 0.2) is 0 Å². The standard InChI is InChI=1S/C20H30N4O2S/c1-16-7-5-6-10-24(16)19(25)15-22-11-13-23(14-12-22)20(26)21-17-8-3-4-9-18(17)27-2/h3-4,8-9,16H,5-7,10-15H2,1-2H3,(H,21,26). The third kappa shape index (κ3) is 5.17. The maximum absolute atomic E-state index is 12.6. The summed E-state index contributed by atoms with van der Waals surface area (Å²) in [7, 11) is 0. The molecule has 2 heterocycles. The molecule has 0 aromatic heterocycles. The van der Waals surface area contributed by atoms with Crippen LogP contribution in [-0.4, -0.2) is 78.2 Å². The summed E-state index contributed by atoms with van der Waals surface area (Å²) in [5.74, 6) is 0.231. The molecule has 1 N–H and O–H groups in total. The molecule has 0 aliphatic carbocycles. The molecule has 1 aromatic carbocycles. The molecule has 2 saturated heterocycles. The van der Waals surface area contributed by atoms with Crippen LogP contribution in [0.4, 0.5) is 10.5 Å². The monoisotopic (exact) mass is 390 g/mol. The van der Waals surface area contributed by atoms with Crippen molar-refractivity contribution in [3.8, 4) is 0 Å². The van der Waals surface area contributed by atoms with E-state index in [9.17, 15) is 9.59 Å². The zero-order valence-electron chi connectivity index (χ0n) is 16.3. The second-order valence-electron chi connectivity index (χ2n) is 7.33. The van der Waals surface area contributed by atoms with Gasteiger partial charge in [0.05, 0.1) is 12.2 Å². The van der Waals surface area contributed by atoms with Crippen LogP contribution in [0.3, 0.4) is 0 Å². The van der Waals surface area contributed by atoms with Gasteiger partial charge in [-0.1, -0.05) is 12.1 Å². The predicted molar refractivity (Wildman–Crippen MR) is 110 cm³/mol. The molecule has 0 radical (unpaired) electrons. The van der Waals surface area contributed by atoms with Crippen molar-refractivity contribution in [3.05, 3.63) is 24.3 Å². The molecule has 2 aliphatic heterocycles. The topological polar surface area (TPSA) is 55.9 Å². The zero-order valence-corrected chi connectivity index (χ0v) is 17.1.